The molecule has 0 unspecified atom stereocenters. The highest BCUT2D eigenvalue weighted by molar-refractivity contribution is 5.75. The number of hydrogen-bond acceptors (Lipinski definition) is 3. The van der Waals surface area contributed by atoms with Crippen molar-refractivity contribution in [1.82, 2.24) is 0 Å². The van der Waals surface area contributed by atoms with Gasteiger partial charge < -0.3 is 9.47 Å². The van der Waals surface area contributed by atoms with Crippen LogP contribution in [0.3, 0.4) is 0 Å². The van der Waals surface area contributed by atoms with Crippen LogP contribution in [0.2, 0.25) is 0 Å². The van der Waals surface area contributed by atoms with Gasteiger partial charge in [-0.05, 0) is 39.0 Å². The molecular formula is C13H17O3. The van der Waals surface area contributed by atoms with Crippen molar-refractivity contribution in [3.05, 3.63) is 30.3 Å². The van der Waals surface area contributed by atoms with Gasteiger partial charge in [-0.2, -0.15) is 0 Å². The smallest absolute Gasteiger partial charge is 0.311 e. The van der Waals surface area contributed by atoms with Gasteiger partial charge in [0.2, 0.25) is 0 Å². The first-order valence-electron chi connectivity index (χ1n) is 5.26. The van der Waals surface area contributed by atoms with E-state index >= 15 is 0 Å². The predicted molar refractivity (Wildman–Crippen MR) is 61.2 cm³/mol. The summed E-state index contributed by atoms with van der Waals surface area (Å²) in [5.41, 5.74) is -0.458. The molecule has 0 heterocycles. The van der Waals surface area contributed by atoms with E-state index in [-0.39, 0.29) is 12.6 Å². The second-order valence-corrected chi connectivity index (χ2v) is 4.47. The zero-order valence-corrected chi connectivity index (χ0v) is 9.95. The van der Waals surface area contributed by atoms with E-state index in [2.05, 4.69) is 6.07 Å². The molecule has 0 saturated heterocycles. The Morgan fingerprint density at radius 3 is 2.69 bits per heavy atom. The molecule has 0 aliphatic heterocycles. The summed E-state index contributed by atoms with van der Waals surface area (Å²) in [7, 11) is 0. The van der Waals surface area contributed by atoms with E-state index in [0.717, 1.165) is 5.75 Å². The Hall–Kier alpha value is -1.51. The maximum Gasteiger partial charge on any atom is 0.311 e. The zero-order valence-electron chi connectivity index (χ0n) is 9.95. The van der Waals surface area contributed by atoms with Crippen molar-refractivity contribution >= 4 is 5.97 Å². The minimum atomic E-state index is -0.458. The van der Waals surface area contributed by atoms with Crippen LogP contribution in [0.1, 0.15) is 20.8 Å². The molecule has 16 heavy (non-hydrogen) atoms. The van der Waals surface area contributed by atoms with E-state index < -0.39 is 5.41 Å². The summed E-state index contributed by atoms with van der Waals surface area (Å²) in [5.74, 6) is 0.519. The highest BCUT2D eigenvalue weighted by Crippen LogP contribution is 2.15. The lowest BCUT2D eigenvalue weighted by Crippen LogP contribution is -2.24. The zero-order chi connectivity index (χ0) is 12.0. The van der Waals surface area contributed by atoms with Gasteiger partial charge in [0.25, 0.3) is 0 Å². The molecule has 0 N–H and O–H groups in total. The highest BCUT2D eigenvalue weighted by Gasteiger charge is 2.22. The molecule has 0 aliphatic carbocycles. The van der Waals surface area contributed by atoms with Crippen LogP contribution < -0.4 is 4.74 Å². The molecule has 1 aromatic rings. The molecule has 1 aromatic carbocycles. The molecule has 0 amide bonds. The second kappa shape index (κ2) is 5.54. The maximum absolute atomic E-state index is 11.4. The number of carbonyl (C=O) groups excluding carboxylic acids is 1. The van der Waals surface area contributed by atoms with E-state index in [1.54, 1.807) is 12.1 Å². The molecule has 0 atom stereocenters. The minimum Gasteiger partial charge on any atom is -0.490 e. The Morgan fingerprint density at radius 1 is 1.38 bits per heavy atom. The Kier molecular flexibility index (Phi) is 4.35. The largest absolute Gasteiger partial charge is 0.490 e. The van der Waals surface area contributed by atoms with Crippen molar-refractivity contribution in [1.29, 1.82) is 0 Å². The van der Waals surface area contributed by atoms with Gasteiger partial charge >= 0.3 is 5.97 Å². The van der Waals surface area contributed by atoms with Crippen molar-refractivity contribution in [3.8, 4) is 5.75 Å². The molecule has 3 nitrogen and oxygen atoms in total. The molecule has 0 saturated carbocycles. The summed E-state index contributed by atoms with van der Waals surface area (Å²) in [5, 5.41) is 0. The first kappa shape index (κ1) is 12.6. The number of ether oxygens (including phenoxy) is 2. The van der Waals surface area contributed by atoms with Crippen LogP contribution in [0.25, 0.3) is 0 Å². The molecular weight excluding hydrogens is 204 g/mol. The van der Waals surface area contributed by atoms with E-state index in [9.17, 15) is 4.79 Å². The van der Waals surface area contributed by atoms with Gasteiger partial charge in [-0.1, -0.05) is 12.1 Å². The van der Waals surface area contributed by atoms with Crippen molar-refractivity contribution in [2.45, 2.75) is 20.8 Å². The fourth-order valence-corrected chi connectivity index (χ4v) is 0.977. The summed E-state index contributed by atoms with van der Waals surface area (Å²) in [6.07, 6.45) is 0. The third kappa shape index (κ3) is 4.34. The van der Waals surface area contributed by atoms with Crippen LogP contribution in [0.15, 0.2) is 24.3 Å². The summed E-state index contributed by atoms with van der Waals surface area (Å²) in [6.45, 7) is 6.09. The molecule has 0 fully saturated rings. The molecule has 0 spiro atoms. The Bertz CT molecular complexity index is 325. The van der Waals surface area contributed by atoms with Crippen LogP contribution in [0.4, 0.5) is 0 Å². The van der Waals surface area contributed by atoms with Crippen LogP contribution in [0.5, 0.6) is 5.75 Å². The normalized spacial score (nSPS) is 10.9. The first-order valence-corrected chi connectivity index (χ1v) is 5.26. The lowest BCUT2D eigenvalue weighted by molar-refractivity contribution is -0.153. The maximum atomic E-state index is 11.4. The van der Waals surface area contributed by atoms with Gasteiger partial charge in [0.05, 0.1) is 5.41 Å². The van der Waals surface area contributed by atoms with Gasteiger partial charge in [-0.25, -0.2) is 0 Å². The van der Waals surface area contributed by atoms with Gasteiger partial charge in [0, 0.05) is 0 Å². The highest BCUT2D eigenvalue weighted by atomic mass is 16.6. The lowest BCUT2D eigenvalue weighted by atomic mass is 9.97. The average molecular weight is 221 g/mol. The van der Waals surface area contributed by atoms with Crippen LogP contribution in [-0.4, -0.2) is 19.2 Å². The quantitative estimate of drug-likeness (QED) is 0.578. The molecule has 0 bridgehead atoms. The van der Waals surface area contributed by atoms with E-state index in [0.29, 0.717) is 6.61 Å². The molecule has 1 radical (unpaired) electrons. The van der Waals surface area contributed by atoms with Gasteiger partial charge in [-0.3, -0.25) is 4.79 Å². The summed E-state index contributed by atoms with van der Waals surface area (Å²) in [6, 6.07) is 10.1. The monoisotopic (exact) mass is 221 g/mol. The Morgan fingerprint density at radius 2 is 2.12 bits per heavy atom. The summed E-state index contributed by atoms with van der Waals surface area (Å²) < 4.78 is 10.4. The van der Waals surface area contributed by atoms with Crippen LogP contribution in [0, 0.1) is 11.5 Å². The van der Waals surface area contributed by atoms with Gasteiger partial charge in [0.1, 0.15) is 19.0 Å². The van der Waals surface area contributed by atoms with Crippen molar-refractivity contribution < 1.29 is 14.3 Å². The lowest BCUT2D eigenvalue weighted by Gasteiger charge is -2.16. The third-order valence-electron chi connectivity index (χ3n) is 1.88. The molecule has 0 aromatic heterocycles. The first-order chi connectivity index (χ1) is 7.50. The number of rotatable bonds is 4. The summed E-state index contributed by atoms with van der Waals surface area (Å²) >= 11 is 0. The third-order valence-corrected chi connectivity index (χ3v) is 1.88. The van der Waals surface area contributed by atoms with Crippen molar-refractivity contribution in [3.63, 3.8) is 0 Å². The summed E-state index contributed by atoms with van der Waals surface area (Å²) in [4.78, 5) is 11.4. The molecule has 3 heteroatoms. The van der Waals surface area contributed by atoms with Crippen LogP contribution >= 0.6 is 0 Å². The van der Waals surface area contributed by atoms with E-state index in [4.69, 9.17) is 9.47 Å². The van der Waals surface area contributed by atoms with Crippen molar-refractivity contribution in [2.75, 3.05) is 13.2 Å². The van der Waals surface area contributed by atoms with Crippen molar-refractivity contribution in [2.24, 2.45) is 5.41 Å². The topological polar surface area (TPSA) is 35.5 Å². The Balaban J connectivity index is 2.20. The minimum absolute atomic E-state index is 0.212. The standard InChI is InChI=1S/C13H17O3/c1-13(2,3)12(14)16-10-9-15-11-7-5-4-6-8-11/h4-5,7-8H,9-10H2,1-3H3. The van der Waals surface area contributed by atoms with E-state index in [1.165, 1.54) is 0 Å². The number of esters is 1. The number of benzene rings is 1. The predicted octanol–water partition coefficient (Wildman–Crippen LogP) is 2.45. The second-order valence-electron chi connectivity index (χ2n) is 4.47. The fraction of sp³-hybridized carbons (Fsp3) is 0.462. The number of hydrogen-bond donors (Lipinski definition) is 0. The van der Waals surface area contributed by atoms with E-state index in [1.807, 2.05) is 32.9 Å². The molecule has 87 valence electrons. The average Bonchev–Trinajstić information content (AvgIpc) is 2.24. The Labute approximate surface area is 96.4 Å². The number of carbonyl (C=O) groups is 1. The van der Waals surface area contributed by atoms with Gasteiger partial charge in [-0.15, -0.1) is 0 Å². The fourth-order valence-electron chi connectivity index (χ4n) is 0.977. The SMILES string of the molecule is CC(C)(C)C(=O)OCCOc1c[c]ccc1. The van der Waals surface area contributed by atoms with Gasteiger partial charge in [0.15, 0.2) is 0 Å². The van der Waals surface area contributed by atoms with Crippen LogP contribution in [-0.2, 0) is 9.53 Å². The molecule has 1 rings (SSSR count). The molecule has 0 aliphatic rings.